The van der Waals surface area contributed by atoms with Crippen molar-refractivity contribution in [3.63, 3.8) is 0 Å². The number of rotatable bonds is 4. The lowest BCUT2D eigenvalue weighted by Gasteiger charge is -2.27. The van der Waals surface area contributed by atoms with Crippen LogP contribution in [0.25, 0.3) is 11.0 Å². The third-order valence-electron chi connectivity index (χ3n) is 4.52. The molecular formula is C19H21N3. The average Bonchev–Trinajstić information content (AvgIpc) is 2.93. The zero-order valence-corrected chi connectivity index (χ0v) is 12.8. The van der Waals surface area contributed by atoms with E-state index in [1.165, 1.54) is 23.3 Å². The first-order valence-corrected chi connectivity index (χ1v) is 8.10. The minimum Gasteiger partial charge on any atom is -0.326 e. The lowest BCUT2D eigenvalue weighted by molar-refractivity contribution is 0.217. The smallest absolute Gasteiger partial charge is 0.124 e. The van der Waals surface area contributed by atoms with E-state index in [-0.39, 0.29) is 0 Å². The van der Waals surface area contributed by atoms with Crippen molar-refractivity contribution in [1.29, 1.82) is 0 Å². The predicted molar refractivity (Wildman–Crippen MR) is 89.8 cm³/mol. The highest BCUT2D eigenvalue weighted by atomic mass is 15.2. The first-order chi connectivity index (χ1) is 10.9. The molecule has 3 nitrogen and oxygen atoms in total. The molecule has 0 amide bonds. The fourth-order valence-electron chi connectivity index (χ4n) is 3.36. The van der Waals surface area contributed by atoms with Gasteiger partial charge in [0, 0.05) is 13.1 Å². The number of imidazole rings is 1. The van der Waals surface area contributed by atoms with Crippen molar-refractivity contribution in [1.82, 2.24) is 14.5 Å². The van der Waals surface area contributed by atoms with E-state index in [1.807, 2.05) is 0 Å². The number of hydrogen-bond donors (Lipinski definition) is 0. The molecule has 0 atom stereocenters. The van der Waals surface area contributed by atoms with E-state index in [1.54, 1.807) is 0 Å². The van der Waals surface area contributed by atoms with E-state index in [0.717, 1.165) is 38.1 Å². The lowest BCUT2D eigenvalue weighted by atomic mass is 10.1. The molecule has 0 saturated heterocycles. The summed E-state index contributed by atoms with van der Waals surface area (Å²) in [5.74, 6) is 1.21. The molecule has 2 aromatic carbocycles. The van der Waals surface area contributed by atoms with Gasteiger partial charge in [-0.1, -0.05) is 42.5 Å². The molecule has 0 radical (unpaired) electrons. The molecule has 0 saturated carbocycles. The summed E-state index contributed by atoms with van der Waals surface area (Å²) in [6.45, 7) is 4.31. The van der Waals surface area contributed by atoms with Crippen LogP contribution in [0.1, 0.15) is 17.8 Å². The molecule has 0 bridgehead atoms. The van der Waals surface area contributed by atoms with Gasteiger partial charge in [-0.3, -0.25) is 4.90 Å². The molecule has 112 valence electrons. The first kappa shape index (κ1) is 13.5. The Kier molecular flexibility index (Phi) is 3.65. The number of nitrogens with zero attached hydrogens (tertiary/aromatic N) is 3. The molecule has 0 aliphatic carbocycles. The van der Waals surface area contributed by atoms with Crippen molar-refractivity contribution >= 4 is 11.0 Å². The average molecular weight is 291 g/mol. The summed E-state index contributed by atoms with van der Waals surface area (Å²) in [5.41, 5.74) is 3.84. The highest BCUT2D eigenvalue weighted by molar-refractivity contribution is 5.75. The molecule has 0 spiro atoms. The van der Waals surface area contributed by atoms with Gasteiger partial charge in [-0.05, 0) is 37.1 Å². The van der Waals surface area contributed by atoms with Gasteiger partial charge in [-0.25, -0.2) is 4.98 Å². The molecule has 3 aromatic rings. The van der Waals surface area contributed by atoms with Crippen LogP contribution in [-0.4, -0.2) is 27.5 Å². The Balaban J connectivity index is 1.40. The van der Waals surface area contributed by atoms with Gasteiger partial charge in [-0.2, -0.15) is 0 Å². The van der Waals surface area contributed by atoms with Crippen LogP contribution in [0.15, 0.2) is 54.6 Å². The van der Waals surface area contributed by atoms with Gasteiger partial charge in [0.2, 0.25) is 0 Å². The third kappa shape index (κ3) is 2.64. The topological polar surface area (TPSA) is 21.1 Å². The maximum atomic E-state index is 4.79. The van der Waals surface area contributed by atoms with Crippen LogP contribution in [0.3, 0.4) is 0 Å². The van der Waals surface area contributed by atoms with Crippen LogP contribution in [0.2, 0.25) is 0 Å². The van der Waals surface area contributed by atoms with E-state index < -0.39 is 0 Å². The molecule has 1 aromatic heterocycles. The van der Waals surface area contributed by atoms with Crippen LogP contribution >= 0.6 is 0 Å². The van der Waals surface area contributed by atoms with Gasteiger partial charge in [-0.15, -0.1) is 0 Å². The normalized spacial score (nSPS) is 15.1. The van der Waals surface area contributed by atoms with Crippen LogP contribution in [0.4, 0.5) is 0 Å². The minimum absolute atomic E-state index is 0.976. The Morgan fingerprint density at radius 1 is 0.909 bits per heavy atom. The molecule has 3 heteroatoms. The van der Waals surface area contributed by atoms with Gasteiger partial charge in [0.05, 0.1) is 17.6 Å². The van der Waals surface area contributed by atoms with Crippen molar-refractivity contribution in [3.05, 3.63) is 66.0 Å². The fraction of sp³-hybridized carbons (Fsp3) is 0.316. The van der Waals surface area contributed by atoms with Crippen LogP contribution in [-0.2, 0) is 19.5 Å². The summed E-state index contributed by atoms with van der Waals surface area (Å²) in [7, 11) is 0. The monoisotopic (exact) mass is 291 g/mol. The summed E-state index contributed by atoms with van der Waals surface area (Å²) >= 11 is 0. The molecule has 1 aliphatic heterocycles. The number of para-hydroxylation sites is 2. The highest BCUT2D eigenvalue weighted by Gasteiger charge is 2.19. The van der Waals surface area contributed by atoms with Crippen LogP contribution < -0.4 is 0 Å². The Bertz CT molecular complexity index is 761. The van der Waals surface area contributed by atoms with Crippen LogP contribution in [0.5, 0.6) is 0 Å². The van der Waals surface area contributed by atoms with Crippen molar-refractivity contribution in [3.8, 4) is 0 Å². The molecule has 1 aliphatic rings. The first-order valence-electron chi connectivity index (χ1n) is 8.10. The van der Waals surface area contributed by atoms with Crippen molar-refractivity contribution in [2.45, 2.75) is 25.9 Å². The van der Waals surface area contributed by atoms with Crippen molar-refractivity contribution < 1.29 is 0 Å². The van der Waals surface area contributed by atoms with E-state index in [4.69, 9.17) is 4.98 Å². The second kappa shape index (κ2) is 5.93. The minimum atomic E-state index is 0.976. The Morgan fingerprint density at radius 2 is 1.73 bits per heavy atom. The summed E-state index contributed by atoms with van der Waals surface area (Å²) in [6, 6.07) is 19.2. The highest BCUT2D eigenvalue weighted by Crippen LogP contribution is 2.20. The Morgan fingerprint density at radius 3 is 2.64 bits per heavy atom. The maximum Gasteiger partial charge on any atom is 0.124 e. The van der Waals surface area contributed by atoms with E-state index in [0.29, 0.717) is 0 Å². The Hall–Kier alpha value is -2.13. The zero-order chi connectivity index (χ0) is 14.8. The maximum absolute atomic E-state index is 4.79. The van der Waals surface area contributed by atoms with Crippen LogP contribution in [0, 0.1) is 0 Å². The summed E-state index contributed by atoms with van der Waals surface area (Å²) in [6.07, 6.45) is 2.37. The van der Waals surface area contributed by atoms with Gasteiger partial charge < -0.3 is 4.57 Å². The number of fused-ring (bicyclic) bond motifs is 3. The van der Waals surface area contributed by atoms with Gasteiger partial charge in [0.1, 0.15) is 5.82 Å². The summed E-state index contributed by atoms with van der Waals surface area (Å²) < 4.78 is 2.38. The van der Waals surface area contributed by atoms with Gasteiger partial charge in [0.15, 0.2) is 0 Å². The summed E-state index contributed by atoms with van der Waals surface area (Å²) in [4.78, 5) is 7.32. The van der Waals surface area contributed by atoms with Crippen molar-refractivity contribution in [2.75, 3.05) is 13.1 Å². The standard InChI is InChI=1S/C19H21N3/c1-2-7-16(8-3-1)9-6-12-21-13-14-22-18-11-5-4-10-17(18)20-19(22)15-21/h1-5,7-8,10-11H,6,9,12-15H2. The largest absolute Gasteiger partial charge is 0.326 e. The number of aromatic nitrogens is 2. The molecule has 2 heterocycles. The van der Waals surface area contributed by atoms with E-state index in [2.05, 4.69) is 64.1 Å². The number of hydrogen-bond acceptors (Lipinski definition) is 2. The zero-order valence-electron chi connectivity index (χ0n) is 12.8. The molecule has 0 fully saturated rings. The third-order valence-corrected chi connectivity index (χ3v) is 4.52. The number of benzene rings is 2. The molecule has 0 unspecified atom stereocenters. The predicted octanol–water partition coefficient (Wildman–Crippen LogP) is 3.48. The molecular weight excluding hydrogens is 270 g/mol. The second-order valence-corrected chi connectivity index (χ2v) is 6.03. The molecule has 0 N–H and O–H groups in total. The quantitative estimate of drug-likeness (QED) is 0.734. The number of aryl methyl sites for hydroxylation is 1. The lowest BCUT2D eigenvalue weighted by Crippen LogP contribution is -2.34. The molecule has 22 heavy (non-hydrogen) atoms. The summed E-state index contributed by atoms with van der Waals surface area (Å²) in [5, 5.41) is 0. The molecule has 4 rings (SSSR count). The SMILES string of the molecule is c1ccc(CCCN2CCn3c(nc4ccccc43)C2)cc1. The van der Waals surface area contributed by atoms with Gasteiger partial charge in [0.25, 0.3) is 0 Å². The van der Waals surface area contributed by atoms with Gasteiger partial charge >= 0.3 is 0 Å². The van der Waals surface area contributed by atoms with Crippen molar-refractivity contribution in [2.24, 2.45) is 0 Å². The van der Waals surface area contributed by atoms with E-state index >= 15 is 0 Å². The fourth-order valence-corrected chi connectivity index (χ4v) is 3.36. The Labute approximate surface area is 131 Å². The second-order valence-electron chi connectivity index (χ2n) is 6.03. The van der Waals surface area contributed by atoms with E-state index in [9.17, 15) is 0 Å².